The number of nitrogens with two attached hydrogens (primary N) is 1. The Balaban J connectivity index is 1.70. The molecule has 1 heterocycles. The largest absolute Gasteiger partial charge is 0.330 e. The number of nitrogens with zero attached hydrogens (tertiary/aromatic N) is 4. The quantitative estimate of drug-likeness (QED) is 0.845. The maximum absolute atomic E-state index is 5.93. The minimum absolute atomic E-state index is 0.560. The van der Waals surface area contributed by atoms with Crippen molar-refractivity contribution in [3.8, 4) is 0 Å². The van der Waals surface area contributed by atoms with Crippen LogP contribution in [0.15, 0.2) is 5.16 Å². The second-order valence-electron chi connectivity index (χ2n) is 5.43. The summed E-state index contributed by atoms with van der Waals surface area (Å²) in [5.74, 6) is 0.627. The summed E-state index contributed by atoms with van der Waals surface area (Å²) in [6.45, 7) is 0.794. The van der Waals surface area contributed by atoms with E-state index in [2.05, 4.69) is 15.5 Å². The molecule has 2 aliphatic rings. The molecule has 100 valence electrons. The normalized spacial score (nSPS) is 29.2. The Morgan fingerprint density at radius 2 is 2.00 bits per heavy atom. The van der Waals surface area contributed by atoms with Gasteiger partial charge in [0.2, 0.25) is 5.16 Å². The van der Waals surface area contributed by atoms with Crippen molar-refractivity contribution >= 4 is 11.8 Å². The Kier molecular flexibility index (Phi) is 3.84. The summed E-state index contributed by atoms with van der Waals surface area (Å²) in [6.07, 6.45) is 8.96. The summed E-state index contributed by atoms with van der Waals surface area (Å²) in [4.78, 5) is 0. The van der Waals surface area contributed by atoms with Gasteiger partial charge in [0.15, 0.2) is 0 Å². The molecule has 0 radical (unpaired) electrons. The third kappa shape index (κ3) is 2.69. The first-order valence-electron chi connectivity index (χ1n) is 7.03. The summed E-state index contributed by atoms with van der Waals surface area (Å²) >= 11 is 1.86. The van der Waals surface area contributed by atoms with E-state index in [9.17, 15) is 0 Å². The molecule has 0 spiro atoms. The molecule has 2 aliphatic carbocycles. The molecule has 2 N–H and O–H groups in total. The molecule has 1 aromatic rings. The average molecular weight is 267 g/mol. The number of hydrogen-bond acceptors (Lipinski definition) is 5. The molecule has 0 aliphatic heterocycles. The Morgan fingerprint density at radius 1 is 1.17 bits per heavy atom. The Morgan fingerprint density at radius 3 is 2.78 bits per heavy atom. The van der Waals surface area contributed by atoms with Crippen molar-refractivity contribution in [2.75, 3.05) is 6.54 Å². The highest BCUT2D eigenvalue weighted by molar-refractivity contribution is 7.99. The van der Waals surface area contributed by atoms with Gasteiger partial charge >= 0.3 is 0 Å². The average Bonchev–Trinajstić information content (AvgIpc) is 3.16. The molecule has 0 amide bonds. The molecule has 1 aromatic heterocycles. The first kappa shape index (κ1) is 12.4. The number of aromatic nitrogens is 4. The van der Waals surface area contributed by atoms with Gasteiger partial charge in [0.1, 0.15) is 0 Å². The molecule has 0 saturated heterocycles. The van der Waals surface area contributed by atoms with Crippen molar-refractivity contribution in [1.82, 2.24) is 20.2 Å². The lowest BCUT2D eigenvalue weighted by molar-refractivity contribution is 0.480. The van der Waals surface area contributed by atoms with Crippen LogP contribution in [-0.4, -0.2) is 32.0 Å². The lowest BCUT2D eigenvalue weighted by Gasteiger charge is -2.22. The van der Waals surface area contributed by atoms with Crippen molar-refractivity contribution in [2.24, 2.45) is 11.7 Å². The fraction of sp³-hybridized carbons (Fsp3) is 0.917. The third-order valence-corrected chi connectivity index (χ3v) is 5.41. The van der Waals surface area contributed by atoms with Gasteiger partial charge in [-0.25, -0.2) is 4.68 Å². The summed E-state index contributed by atoms with van der Waals surface area (Å²) in [5.41, 5.74) is 5.93. The molecule has 0 aromatic carbocycles. The monoisotopic (exact) mass is 267 g/mol. The van der Waals surface area contributed by atoms with Crippen LogP contribution in [0.25, 0.3) is 0 Å². The fourth-order valence-electron chi connectivity index (χ4n) is 2.72. The van der Waals surface area contributed by atoms with Gasteiger partial charge in [0.05, 0.1) is 6.04 Å². The molecular weight excluding hydrogens is 246 g/mol. The van der Waals surface area contributed by atoms with Crippen LogP contribution >= 0.6 is 11.8 Å². The van der Waals surface area contributed by atoms with E-state index in [1.807, 2.05) is 16.4 Å². The van der Waals surface area contributed by atoms with E-state index in [1.165, 1.54) is 44.9 Å². The van der Waals surface area contributed by atoms with Crippen LogP contribution in [0, 0.1) is 5.92 Å². The van der Waals surface area contributed by atoms with E-state index in [-0.39, 0.29) is 0 Å². The van der Waals surface area contributed by atoms with E-state index in [4.69, 9.17) is 5.73 Å². The first-order valence-corrected chi connectivity index (χ1v) is 7.91. The van der Waals surface area contributed by atoms with Gasteiger partial charge in [0, 0.05) is 5.25 Å². The predicted molar refractivity (Wildman–Crippen MR) is 71.4 cm³/mol. The summed E-state index contributed by atoms with van der Waals surface area (Å²) in [6, 6.07) is 0.560. The number of tetrazole rings is 1. The van der Waals surface area contributed by atoms with Crippen LogP contribution in [0.1, 0.15) is 51.0 Å². The lowest BCUT2D eigenvalue weighted by atomic mass is 10.0. The SMILES string of the molecule is NCC1CCCCCC1Sc1nnnn1C1CC1. The van der Waals surface area contributed by atoms with E-state index >= 15 is 0 Å². The molecule has 5 nitrogen and oxygen atoms in total. The molecule has 2 saturated carbocycles. The molecular formula is C12H21N5S. The number of hydrogen-bond donors (Lipinski definition) is 1. The zero-order chi connectivity index (χ0) is 12.4. The van der Waals surface area contributed by atoms with Crippen molar-refractivity contribution in [2.45, 2.75) is 61.4 Å². The van der Waals surface area contributed by atoms with Gasteiger partial charge in [-0.15, -0.1) is 5.10 Å². The minimum Gasteiger partial charge on any atom is -0.330 e. The van der Waals surface area contributed by atoms with Crippen LogP contribution < -0.4 is 5.73 Å². The zero-order valence-electron chi connectivity index (χ0n) is 10.7. The van der Waals surface area contributed by atoms with E-state index < -0.39 is 0 Å². The third-order valence-electron chi connectivity index (χ3n) is 4.00. The van der Waals surface area contributed by atoms with Crippen molar-refractivity contribution in [1.29, 1.82) is 0 Å². The highest BCUT2D eigenvalue weighted by Gasteiger charge is 2.31. The second-order valence-corrected chi connectivity index (χ2v) is 6.63. The zero-order valence-corrected chi connectivity index (χ0v) is 11.5. The molecule has 6 heteroatoms. The Hall–Kier alpha value is -0.620. The van der Waals surface area contributed by atoms with E-state index in [0.29, 0.717) is 17.2 Å². The van der Waals surface area contributed by atoms with Crippen LogP contribution in [0.4, 0.5) is 0 Å². The maximum atomic E-state index is 5.93. The maximum Gasteiger partial charge on any atom is 0.209 e. The van der Waals surface area contributed by atoms with Gasteiger partial charge < -0.3 is 5.73 Å². The van der Waals surface area contributed by atoms with Crippen molar-refractivity contribution < 1.29 is 0 Å². The molecule has 0 bridgehead atoms. The van der Waals surface area contributed by atoms with Crippen LogP contribution in [0.3, 0.4) is 0 Å². The van der Waals surface area contributed by atoms with Crippen molar-refractivity contribution in [3.63, 3.8) is 0 Å². The Labute approximate surface area is 112 Å². The van der Waals surface area contributed by atoms with Gasteiger partial charge in [-0.1, -0.05) is 31.0 Å². The fourth-order valence-corrected chi connectivity index (χ4v) is 4.09. The summed E-state index contributed by atoms with van der Waals surface area (Å²) in [7, 11) is 0. The van der Waals surface area contributed by atoms with Crippen LogP contribution in [0.2, 0.25) is 0 Å². The van der Waals surface area contributed by atoms with E-state index in [1.54, 1.807) is 0 Å². The number of thioether (sulfide) groups is 1. The molecule has 2 unspecified atom stereocenters. The second kappa shape index (κ2) is 5.57. The highest BCUT2D eigenvalue weighted by atomic mass is 32.2. The molecule has 3 rings (SSSR count). The first-order chi connectivity index (χ1) is 8.88. The van der Waals surface area contributed by atoms with Gasteiger partial charge in [-0.2, -0.15) is 0 Å². The molecule has 2 fully saturated rings. The van der Waals surface area contributed by atoms with Crippen molar-refractivity contribution in [3.05, 3.63) is 0 Å². The van der Waals surface area contributed by atoms with Gasteiger partial charge in [-0.05, 0) is 48.6 Å². The summed E-state index contributed by atoms with van der Waals surface area (Å²) < 4.78 is 2.02. The Bertz CT molecular complexity index is 390. The standard InChI is InChI=1S/C12H21N5S/c13-8-9-4-2-1-3-5-11(9)18-12-14-15-16-17(12)10-6-7-10/h9-11H,1-8,13H2. The topological polar surface area (TPSA) is 69.6 Å². The highest BCUT2D eigenvalue weighted by Crippen LogP contribution is 2.40. The van der Waals surface area contributed by atoms with Crippen LogP contribution in [-0.2, 0) is 0 Å². The smallest absolute Gasteiger partial charge is 0.209 e. The summed E-state index contributed by atoms with van der Waals surface area (Å²) in [5, 5.41) is 13.8. The lowest BCUT2D eigenvalue weighted by Crippen LogP contribution is -2.25. The van der Waals surface area contributed by atoms with Gasteiger partial charge in [0.25, 0.3) is 0 Å². The van der Waals surface area contributed by atoms with E-state index in [0.717, 1.165) is 11.7 Å². The predicted octanol–water partition coefficient (Wildman–Crippen LogP) is 2.01. The molecule has 18 heavy (non-hydrogen) atoms. The van der Waals surface area contributed by atoms with Gasteiger partial charge in [-0.3, -0.25) is 0 Å². The minimum atomic E-state index is 0.560. The van der Waals surface area contributed by atoms with Crippen LogP contribution in [0.5, 0.6) is 0 Å². The number of rotatable bonds is 4. The molecule has 2 atom stereocenters.